The summed E-state index contributed by atoms with van der Waals surface area (Å²) in [6, 6.07) is 10.8. The number of nitrogens with zero attached hydrogens (tertiary/aromatic N) is 1. The molecule has 3 aliphatic rings. The first kappa shape index (κ1) is 26.8. The second-order valence-electron chi connectivity index (χ2n) is 11.1. The number of benzene rings is 2. The Hall–Kier alpha value is -4.45. The van der Waals surface area contributed by atoms with Crippen LogP contribution in [-0.2, 0) is 14.4 Å². The monoisotopic (exact) mass is 560 g/mol. The van der Waals surface area contributed by atoms with Crippen LogP contribution in [0, 0.1) is 11.8 Å². The Kier molecular flexibility index (Phi) is 5.73. The van der Waals surface area contributed by atoms with Crippen molar-refractivity contribution in [2.75, 3.05) is 14.1 Å². The van der Waals surface area contributed by atoms with Crippen LogP contribution in [0.15, 0.2) is 63.8 Å². The largest absolute Gasteiger partial charge is 0.508 e. The van der Waals surface area contributed by atoms with Gasteiger partial charge in [-0.05, 0) is 43.8 Å². The molecule has 1 amide bonds. The van der Waals surface area contributed by atoms with Crippen LogP contribution in [0.25, 0.3) is 28.1 Å². The second-order valence-corrected chi connectivity index (χ2v) is 11.1. The summed E-state index contributed by atoms with van der Waals surface area (Å²) in [5, 5.41) is 58.2. The summed E-state index contributed by atoms with van der Waals surface area (Å²) in [5.41, 5.74) is 2.10. The molecule has 212 valence electrons. The molecule has 1 fully saturated rings. The van der Waals surface area contributed by atoms with Crippen molar-refractivity contribution < 1.29 is 44.3 Å². The number of carbonyl (C=O) groups is 3. The summed E-state index contributed by atoms with van der Waals surface area (Å²) in [4.78, 5) is 40.9. The highest BCUT2D eigenvalue weighted by Crippen LogP contribution is 2.57. The van der Waals surface area contributed by atoms with Crippen LogP contribution in [0.1, 0.15) is 24.0 Å². The molecule has 0 radical (unpaired) electrons. The molecule has 6 rings (SSSR count). The van der Waals surface area contributed by atoms with E-state index in [1.54, 1.807) is 37.3 Å². The van der Waals surface area contributed by atoms with E-state index in [0.717, 1.165) is 5.39 Å². The number of nitrogens with two attached hydrogens (primary N) is 1. The maximum Gasteiger partial charge on any atom is 0.255 e. The predicted octanol–water partition coefficient (Wildman–Crippen LogP) is 1.91. The molecule has 0 bridgehead atoms. The number of rotatable bonds is 3. The Morgan fingerprint density at radius 2 is 1.76 bits per heavy atom. The number of carbonyl (C=O) groups excluding carboxylic acids is 3. The van der Waals surface area contributed by atoms with Crippen molar-refractivity contribution in [2.24, 2.45) is 17.6 Å². The van der Waals surface area contributed by atoms with Gasteiger partial charge in [-0.25, -0.2) is 0 Å². The molecule has 7 N–H and O–H groups in total. The molecule has 1 heterocycles. The van der Waals surface area contributed by atoms with Crippen molar-refractivity contribution in [3.63, 3.8) is 0 Å². The number of aliphatic hydroxyl groups excluding tert-OH is 3. The van der Waals surface area contributed by atoms with Crippen LogP contribution in [0.5, 0.6) is 5.75 Å². The van der Waals surface area contributed by atoms with Crippen LogP contribution < -0.4 is 5.73 Å². The van der Waals surface area contributed by atoms with Gasteiger partial charge in [-0.2, -0.15) is 0 Å². The normalized spacial score (nSPS) is 29.6. The molecule has 0 saturated heterocycles. The molecule has 0 spiro atoms. The Bertz CT molecular complexity index is 1720. The lowest BCUT2D eigenvalue weighted by molar-refractivity contribution is -0.169. The second kappa shape index (κ2) is 8.77. The van der Waals surface area contributed by atoms with Gasteiger partial charge in [-0.15, -0.1) is 0 Å². The van der Waals surface area contributed by atoms with Crippen molar-refractivity contribution in [1.29, 1.82) is 0 Å². The number of ketones is 2. The molecular formula is C30H28N2O9. The molecule has 3 aliphatic carbocycles. The minimum absolute atomic E-state index is 0.0982. The third-order valence-corrected chi connectivity index (χ3v) is 8.82. The van der Waals surface area contributed by atoms with Crippen molar-refractivity contribution in [1.82, 2.24) is 4.90 Å². The average Bonchev–Trinajstić information content (AvgIpc) is 3.34. The van der Waals surface area contributed by atoms with Gasteiger partial charge >= 0.3 is 0 Å². The molecule has 1 saturated carbocycles. The Labute approximate surface area is 233 Å². The number of hydrogen-bond donors (Lipinski definition) is 6. The van der Waals surface area contributed by atoms with E-state index in [0.29, 0.717) is 16.9 Å². The first-order chi connectivity index (χ1) is 19.3. The van der Waals surface area contributed by atoms with Gasteiger partial charge in [-0.1, -0.05) is 31.2 Å². The van der Waals surface area contributed by atoms with Crippen LogP contribution in [0.4, 0.5) is 0 Å². The van der Waals surface area contributed by atoms with Crippen LogP contribution in [0.3, 0.4) is 0 Å². The number of hydrogen-bond acceptors (Lipinski definition) is 10. The number of para-hydroxylation sites is 1. The summed E-state index contributed by atoms with van der Waals surface area (Å²) in [7, 11) is 2.92. The Balaban J connectivity index is 1.59. The number of amides is 1. The van der Waals surface area contributed by atoms with Gasteiger partial charge in [-0.3, -0.25) is 19.3 Å². The molecule has 1 aromatic heterocycles. The van der Waals surface area contributed by atoms with Gasteiger partial charge < -0.3 is 35.7 Å². The number of fused-ring (bicyclic) bond motifs is 4. The number of aliphatic hydroxyl groups is 4. The van der Waals surface area contributed by atoms with Gasteiger partial charge in [0.2, 0.25) is 5.78 Å². The van der Waals surface area contributed by atoms with Crippen molar-refractivity contribution in [3.8, 4) is 17.1 Å². The van der Waals surface area contributed by atoms with E-state index in [1.165, 1.54) is 19.0 Å². The van der Waals surface area contributed by atoms with E-state index < -0.39 is 81.4 Å². The number of aromatic hydroxyl groups is 1. The maximum absolute atomic E-state index is 14.1. The average molecular weight is 561 g/mol. The molecular weight excluding hydrogens is 532 g/mol. The van der Waals surface area contributed by atoms with Crippen LogP contribution >= 0.6 is 0 Å². The fourth-order valence-corrected chi connectivity index (χ4v) is 6.93. The highest BCUT2D eigenvalue weighted by Gasteiger charge is 2.68. The highest BCUT2D eigenvalue weighted by molar-refractivity contribution is 6.24. The van der Waals surface area contributed by atoms with E-state index in [9.17, 15) is 39.9 Å². The lowest BCUT2D eigenvalue weighted by Crippen LogP contribution is -2.70. The molecule has 2 aromatic carbocycles. The SMILES string of the molecule is C[C@H]1c2ccc(-c3cc4ccccc4o3)c(O)c2C(O)=C2C(=O)[C@]3(O)C(O)=C(C(N)=O)C(=O)[C@@H](N(C)C)[C@@H]3C(O)[C@@H]21. The number of phenols is 1. The topological polar surface area (TPSA) is 195 Å². The van der Waals surface area contributed by atoms with E-state index in [-0.39, 0.29) is 11.1 Å². The summed E-state index contributed by atoms with van der Waals surface area (Å²) in [5.74, 6) is -9.02. The minimum atomic E-state index is -2.96. The number of primary amides is 1. The van der Waals surface area contributed by atoms with Gasteiger partial charge in [0.15, 0.2) is 11.4 Å². The third kappa shape index (κ3) is 3.33. The van der Waals surface area contributed by atoms with Crippen LogP contribution in [0.2, 0.25) is 0 Å². The molecule has 11 heteroatoms. The predicted molar refractivity (Wildman–Crippen MR) is 146 cm³/mol. The van der Waals surface area contributed by atoms with Gasteiger partial charge in [0.1, 0.15) is 34.2 Å². The van der Waals surface area contributed by atoms with Crippen molar-refractivity contribution in [2.45, 2.75) is 30.6 Å². The third-order valence-electron chi connectivity index (χ3n) is 8.82. The van der Waals surface area contributed by atoms with Crippen molar-refractivity contribution >= 4 is 34.2 Å². The van der Waals surface area contributed by atoms with Gasteiger partial charge in [0, 0.05) is 16.9 Å². The lowest BCUT2D eigenvalue weighted by Gasteiger charge is -2.53. The fourth-order valence-electron chi connectivity index (χ4n) is 6.93. The van der Waals surface area contributed by atoms with E-state index in [2.05, 4.69) is 0 Å². The van der Waals surface area contributed by atoms with E-state index >= 15 is 0 Å². The zero-order valence-corrected chi connectivity index (χ0v) is 22.3. The number of Topliss-reactive ketones (excluding diaryl/α,β-unsaturated/α-hetero) is 2. The molecule has 41 heavy (non-hydrogen) atoms. The van der Waals surface area contributed by atoms with Gasteiger partial charge in [0.25, 0.3) is 5.91 Å². The van der Waals surface area contributed by atoms with Gasteiger partial charge in [0.05, 0.1) is 29.2 Å². The van der Waals surface area contributed by atoms with E-state index in [4.69, 9.17) is 10.2 Å². The highest BCUT2D eigenvalue weighted by atomic mass is 16.4. The first-order valence-electron chi connectivity index (χ1n) is 13.0. The smallest absolute Gasteiger partial charge is 0.255 e. The zero-order valence-electron chi connectivity index (χ0n) is 22.3. The fraction of sp³-hybridized carbons (Fsp3) is 0.300. The molecule has 0 aliphatic heterocycles. The number of likely N-dealkylation sites (N-methyl/N-ethyl adjacent to an activating group) is 1. The summed E-state index contributed by atoms with van der Waals surface area (Å²) in [6.07, 6.45) is -1.65. The van der Waals surface area contributed by atoms with Crippen LogP contribution in [-0.4, -0.2) is 79.7 Å². The minimum Gasteiger partial charge on any atom is -0.508 e. The summed E-state index contributed by atoms with van der Waals surface area (Å²) < 4.78 is 5.89. The molecule has 3 aromatic rings. The maximum atomic E-state index is 14.1. The van der Waals surface area contributed by atoms with Crippen molar-refractivity contribution in [3.05, 3.63) is 70.5 Å². The van der Waals surface area contributed by atoms with E-state index in [1.807, 2.05) is 12.1 Å². The molecule has 1 unspecified atom stereocenters. The zero-order chi connectivity index (χ0) is 29.7. The standard InChI is InChI=1S/C30H28N2O9/c1-11-13-8-9-14(16-10-12-6-4-5-7-15(12)41-16)23(33)18(13)24(34)19-17(11)25(35)21-22(32(2)3)26(36)20(29(31)39)28(38)30(21,40)27(19)37/h4-11,17,21-22,25,33-35,38,40H,1-3H3,(H2,31,39)/t11-,17+,21+,22-,25?,30-/m0/s1. The molecule has 11 nitrogen and oxygen atoms in total. The Morgan fingerprint density at radius 1 is 1.07 bits per heavy atom. The lowest BCUT2D eigenvalue weighted by atomic mass is 9.54. The first-order valence-corrected chi connectivity index (χ1v) is 13.0. The summed E-state index contributed by atoms with van der Waals surface area (Å²) >= 11 is 0. The molecule has 6 atom stereocenters. The number of furan rings is 1. The Morgan fingerprint density at radius 3 is 2.39 bits per heavy atom. The quantitative estimate of drug-likeness (QED) is 0.258. The summed E-state index contributed by atoms with van der Waals surface area (Å²) in [6.45, 7) is 1.68. The number of phenolic OH excluding ortho intramolecular Hbond substituents is 1.